The summed E-state index contributed by atoms with van der Waals surface area (Å²) in [6, 6.07) is 0. The van der Waals surface area contributed by atoms with Crippen LogP contribution in [0, 0.1) is 18.8 Å². The minimum atomic E-state index is -1.33. The predicted octanol–water partition coefficient (Wildman–Crippen LogP) is 4.03. The van der Waals surface area contributed by atoms with Crippen molar-refractivity contribution >= 4 is 5.97 Å². The fourth-order valence-corrected chi connectivity index (χ4v) is 2.13. The van der Waals surface area contributed by atoms with Crippen molar-refractivity contribution in [1.82, 2.24) is 0 Å². The van der Waals surface area contributed by atoms with Crippen molar-refractivity contribution in [3.8, 4) is 11.8 Å². The van der Waals surface area contributed by atoms with E-state index in [1.165, 1.54) is 0 Å². The first-order valence-electron chi connectivity index (χ1n) is 8.37. The summed E-state index contributed by atoms with van der Waals surface area (Å²) in [5.41, 5.74) is -0.0899. The second kappa shape index (κ2) is 9.42. The molecule has 1 unspecified atom stereocenters. The normalized spacial score (nSPS) is 13.1. The van der Waals surface area contributed by atoms with E-state index in [-0.39, 0.29) is 6.61 Å². The van der Waals surface area contributed by atoms with Crippen LogP contribution in [0.15, 0.2) is 10.7 Å². The fourth-order valence-electron chi connectivity index (χ4n) is 2.13. The summed E-state index contributed by atoms with van der Waals surface area (Å²) in [5, 5.41) is 10.2. The van der Waals surface area contributed by atoms with Crippen LogP contribution in [0.1, 0.15) is 74.6 Å². The van der Waals surface area contributed by atoms with Crippen LogP contribution in [-0.2, 0) is 11.2 Å². The molecule has 0 saturated carbocycles. The molecule has 1 N–H and O–H groups in total. The number of furan rings is 1. The van der Waals surface area contributed by atoms with Gasteiger partial charge in [0.05, 0.1) is 6.26 Å². The first kappa shape index (κ1) is 19.3. The van der Waals surface area contributed by atoms with E-state index in [1.54, 1.807) is 13.2 Å². The van der Waals surface area contributed by atoms with E-state index in [0.717, 1.165) is 37.7 Å². The van der Waals surface area contributed by atoms with Crippen LogP contribution in [0.4, 0.5) is 0 Å². The first-order chi connectivity index (χ1) is 10.9. The van der Waals surface area contributed by atoms with Gasteiger partial charge < -0.3 is 14.3 Å². The van der Waals surface area contributed by atoms with E-state index in [4.69, 9.17) is 9.15 Å². The Morgan fingerprint density at radius 3 is 2.70 bits per heavy atom. The number of hydrogen-bond donors (Lipinski definition) is 1. The third kappa shape index (κ3) is 6.50. The number of unbranched alkanes of at least 4 members (excludes halogenated alkanes) is 3. The lowest BCUT2D eigenvalue weighted by atomic mass is 10.1. The lowest BCUT2D eigenvalue weighted by molar-refractivity contribution is 0.00816. The van der Waals surface area contributed by atoms with E-state index in [9.17, 15) is 9.90 Å². The molecule has 1 heterocycles. The Kier molecular flexibility index (Phi) is 7.91. The lowest BCUT2D eigenvalue weighted by Gasteiger charge is -2.16. The third-order valence-corrected chi connectivity index (χ3v) is 3.51. The second-order valence-electron chi connectivity index (χ2n) is 6.08. The summed E-state index contributed by atoms with van der Waals surface area (Å²) >= 11 is 0. The number of hydrogen-bond acceptors (Lipinski definition) is 4. The molecule has 0 aliphatic heterocycles. The Hall–Kier alpha value is -1.73. The Morgan fingerprint density at radius 1 is 1.35 bits per heavy atom. The number of aryl methyl sites for hydroxylation is 2. The van der Waals surface area contributed by atoms with Gasteiger partial charge in [-0.2, -0.15) is 0 Å². The van der Waals surface area contributed by atoms with Gasteiger partial charge in [-0.05, 0) is 26.7 Å². The highest BCUT2D eigenvalue weighted by atomic mass is 16.5. The van der Waals surface area contributed by atoms with Gasteiger partial charge in [0.1, 0.15) is 17.9 Å². The summed E-state index contributed by atoms with van der Waals surface area (Å²) < 4.78 is 10.7. The molecule has 23 heavy (non-hydrogen) atoms. The van der Waals surface area contributed by atoms with Gasteiger partial charge in [-0.1, -0.05) is 32.6 Å². The summed E-state index contributed by atoms with van der Waals surface area (Å²) in [6.07, 6.45) is 7.06. The predicted molar refractivity (Wildman–Crippen MR) is 90.3 cm³/mol. The van der Waals surface area contributed by atoms with E-state index in [2.05, 4.69) is 25.7 Å². The van der Waals surface area contributed by atoms with Gasteiger partial charge in [-0.25, -0.2) is 4.79 Å². The van der Waals surface area contributed by atoms with Gasteiger partial charge in [0.2, 0.25) is 0 Å². The summed E-state index contributed by atoms with van der Waals surface area (Å²) in [5.74, 6) is 5.88. The maximum absolute atomic E-state index is 12.3. The average Bonchev–Trinajstić information content (AvgIpc) is 2.88. The quantitative estimate of drug-likeness (QED) is 0.446. The number of esters is 1. The molecule has 0 bridgehead atoms. The molecular formula is C19H28O4. The average molecular weight is 320 g/mol. The van der Waals surface area contributed by atoms with Crippen molar-refractivity contribution in [2.45, 2.75) is 71.8 Å². The Bertz CT molecular complexity index is 558. The van der Waals surface area contributed by atoms with Gasteiger partial charge in [-0.3, -0.25) is 0 Å². The molecule has 0 aromatic carbocycles. The minimum Gasteiger partial charge on any atom is -0.468 e. The molecule has 0 spiro atoms. The molecule has 128 valence electrons. The maximum atomic E-state index is 12.3. The van der Waals surface area contributed by atoms with E-state index in [0.29, 0.717) is 17.7 Å². The van der Waals surface area contributed by atoms with Crippen LogP contribution < -0.4 is 0 Å². The molecule has 0 radical (unpaired) electrons. The number of rotatable bonds is 8. The molecule has 0 saturated heterocycles. The van der Waals surface area contributed by atoms with E-state index in [1.807, 2.05) is 6.92 Å². The summed E-state index contributed by atoms with van der Waals surface area (Å²) in [6.45, 7) is 7.40. The lowest BCUT2D eigenvalue weighted by Crippen LogP contribution is -2.30. The van der Waals surface area contributed by atoms with Crippen LogP contribution in [0.2, 0.25) is 0 Å². The largest absolute Gasteiger partial charge is 0.468 e. The minimum absolute atomic E-state index is 0.150. The molecule has 4 nitrogen and oxygen atoms in total. The van der Waals surface area contributed by atoms with Crippen LogP contribution in [0.3, 0.4) is 0 Å². The fraction of sp³-hybridized carbons (Fsp3) is 0.632. The monoisotopic (exact) mass is 320 g/mol. The zero-order valence-corrected chi connectivity index (χ0v) is 14.7. The molecule has 4 heteroatoms. The van der Waals surface area contributed by atoms with Crippen LogP contribution >= 0.6 is 0 Å². The number of aliphatic hydroxyl groups is 1. The van der Waals surface area contributed by atoms with Crippen molar-refractivity contribution in [2.75, 3.05) is 6.61 Å². The van der Waals surface area contributed by atoms with Gasteiger partial charge in [0, 0.05) is 18.4 Å². The molecule has 0 aliphatic carbocycles. The van der Waals surface area contributed by atoms with E-state index >= 15 is 0 Å². The highest BCUT2D eigenvalue weighted by Gasteiger charge is 2.24. The van der Waals surface area contributed by atoms with E-state index < -0.39 is 11.6 Å². The molecule has 1 aromatic heterocycles. The molecule has 1 aromatic rings. The smallest absolute Gasteiger partial charge is 0.342 e. The number of ether oxygens (including phenoxy) is 1. The Labute approximate surface area is 139 Å². The summed E-state index contributed by atoms with van der Waals surface area (Å²) in [4.78, 5) is 12.3. The van der Waals surface area contributed by atoms with Crippen molar-refractivity contribution in [1.29, 1.82) is 0 Å². The molecular weight excluding hydrogens is 292 g/mol. The van der Waals surface area contributed by atoms with Gasteiger partial charge >= 0.3 is 5.97 Å². The highest BCUT2D eigenvalue weighted by Crippen LogP contribution is 2.20. The van der Waals surface area contributed by atoms with Crippen molar-refractivity contribution in [3.63, 3.8) is 0 Å². The zero-order chi connectivity index (χ0) is 17.3. The van der Waals surface area contributed by atoms with Gasteiger partial charge in [0.25, 0.3) is 0 Å². The highest BCUT2D eigenvalue weighted by molar-refractivity contribution is 5.92. The third-order valence-electron chi connectivity index (χ3n) is 3.51. The summed E-state index contributed by atoms with van der Waals surface area (Å²) in [7, 11) is 0. The molecule has 1 rings (SSSR count). The van der Waals surface area contributed by atoms with Crippen molar-refractivity contribution in [3.05, 3.63) is 23.2 Å². The van der Waals surface area contributed by atoms with Crippen molar-refractivity contribution < 1.29 is 19.1 Å². The topological polar surface area (TPSA) is 59.7 Å². The van der Waals surface area contributed by atoms with Gasteiger partial charge in [0.15, 0.2) is 5.60 Å². The first-order valence-corrected chi connectivity index (χ1v) is 8.37. The Balaban J connectivity index is 2.65. The molecule has 1 atom stereocenters. The standard InChI is InChI=1S/C19H28O4/c1-5-7-9-10-12-19(4,21)14-23-18(20)17-15(3)13-22-16(17)11-8-6-2/h13,21H,5-9,11,14H2,1-4H3. The Morgan fingerprint density at radius 2 is 2.04 bits per heavy atom. The zero-order valence-electron chi connectivity index (χ0n) is 14.7. The second-order valence-corrected chi connectivity index (χ2v) is 6.08. The van der Waals surface area contributed by atoms with Crippen LogP contribution in [0.25, 0.3) is 0 Å². The van der Waals surface area contributed by atoms with Crippen LogP contribution in [0.5, 0.6) is 0 Å². The SMILES string of the molecule is CCCCC#CC(C)(O)COC(=O)c1c(C)coc1CCCC. The molecule has 0 amide bonds. The maximum Gasteiger partial charge on any atom is 0.342 e. The van der Waals surface area contributed by atoms with Gasteiger partial charge in [-0.15, -0.1) is 5.92 Å². The number of carbonyl (C=O) groups is 1. The van der Waals surface area contributed by atoms with Crippen LogP contribution in [-0.4, -0.2) is 23.3 Å². The number of carbonyl (C=O) groups excluding carboxylic acids is 1. The molecule has 0 fully saturated rings. The van der Waals surface area contributed by atoms with Crippen molar-refractivity contribution in [2.24, 2.45) is 0 Å². The molecule has 0 aliphatic rings.